The molecule has 0 saturated carbocycles. The largest absolute Gasteiger partial charge is 0.384 e. The van der Waals surface area contributed by atoms with E-state index in [0.29, 0.717) is 0 Å². The van der Waals surface area contributed by atoms with E-state index < -0.39 is 6.10 Å². The van der Waals surface area contributed by atoms with Crippen molar-refractivity contribution in [1.29, 1.82) is 0 Å². The number of fused-ring (bicyclic) bond motifs is 2. The van der Waals surface area contributed by atoms with Crippen LogP contribution < -0.4 is 5.32 Å². The van der Waals surface area contributed by atoms with E-state index in [1.54, 1.807) is 6.20 Å². The van der Waals surface area contributed by atoms with Crippen molar-refractivity contribution in [1.82, 2.24) is 4.98 Å². The topological polar surface area (TPSA) is 45.1 Å². The van der Waals surface area contributed by atoms with Crippen molar-refractivity contribution in [3.05, 3.63) is 71.5 Å². The minimum absolute atomic E-state index is 0.663. The first-order chi connectivity index (χ1) is 10.3. The Bertz CT molecular complexity index is 808. The highest BCUT2D eigenvalue weighted by atomic mass is 16.3. The first kappa shape index (κ1) is 12.4. The number of anilines is 1. The van der Waals surface area contributed by atoms with E-state index in [9.17, 15) is 5.11 Å². The first-order valence-electron chi connectivity index (χ1n) is 7.21. The van der Waals surface area contributed by atoms with Gasteiger partial charge in [0.05, 0.1) is 0 Å². The lowest BCUT2D eigenvalue weighted by Gasteiger charge is -2.17. The number of benzene rings is 2. The minimum atomic E-state index is -0.663. The molecule has 104 valence electrons. The molecular formula is C18H16N2O. The van der Waals surface area contributed by atoms with Gasteiger partial charge in [-0.1, -0.05) is 42.5 Å². The fraction of sp³-hybridized carbons (Fsp3) is 0.167. The predicted molar refractivity (Wildman–Crippen MR) is 84.4 cm³/mol. The molecule has 1 atom stereocenters. The maximum absolute atomic E-state index is 10.9. The Morgan fingerprint density at radius 1 is 1.00 bits per heavy atom. The number of pyridine rings is 1. The van der Waals surface area contributed by atoms with Crippen molar-refractivity contribution in [3.8, 4) is 0 Å². The maximum Gasteiger partial charge on any atom is 0.108 e. The van der Waals surface area contributed by atoms with Crippen LogP contribution in [0.1, 0.15) is 22.8 Å². The van der Waals surface area contributed by atoms with Crippen LogP contribution in [0.25, 0.3) is 10.8 Å². The minimum Gasteiger partial charge on any atom is -0.384 e. The Kier molecular flexibility index (Phi) is 2.86. The van der Waals surface area contributed by atoms with Gasteiger partial charge in [-0.25, -0.2) is 0 Å². The van der Waals surface area contributed by atoms with Crippen LogP contribution in [0.2, 0.25) is 0 Å². The van der Waals surface area contributed by atoms with Gasteiger partial charge in [0.2, 0.25) is 0 Å². The molecule has 2 heterocycles. The monoisotopic (exact) mass is 276 g/mol. The number of aliphatic hydroxyl groups excluding tert-OH is 1. The molecule has 0 amide bonds. The predicted octanol–water partition coefficient (Wildman–Crippen LogP) is 3.28. The Labute approximate surface area is 123 Å². The van der Waals surface area contributed by atoms with E-state index in [1.807, 2.05) is 42.6 Å². The van der Waals surface area contributed by atoms with Crippen LogP contribution in [0.3, 0.4) is 0 Å². The quantitative estimate of drug-likeness (QED) is 0.755. The van der Waals surface area contributed by atoms with E-state index in [0.717, 1.165) is 40.6 Å². The second-order valence-electron chi connectivity index (χ2n) is 5.41. The number of rotatable bonds is 2. The molecule has 1 aliphatic rings. The van der Waals surface area contributed by atoms with Gasteiger partial charge in [-0.05, 0) is 17.4 Å². The summed E-state index contributed by atoms with van der Waals surface area (Å²) in [4.78, 5) is 4.27. The number of aliphatic hydroxyl groups is 1. The molecule has 0 saturated heterocycles. The number of nitrogens with one attached hydrogen (secondary N) is 1. The summed E-state index contributed by atoms with van der Waals surface area (Å²) in [6, 6.07) is 14.2. The van der Waals surface area contributed by atoms with Crippen LogP contribution in [0.4, 0.5) is 5.69 Å². The number of para-hydroxylation sites is 1. The molecule has 0 fully saturated rings. The summed E-state index contributed by atoms with van der Waals surface area (Å²) in [7, 11) is 0. The summed E-state index contributed by atoms with van der Waals surface area (Å²) < 4.78 is 0. The van der Waals surface area contributed by atoms with E-state index >= 15 is 0 Å². The highest BCUT2D eigenvalue weighted by Gasteiger charge is 2.21. The summed E-state index contributed by atoms with van der Waals surface area (Å²) in [6.07, 6.45) is 3.95. The van der Waals surface area contributed by atoms with Gasteiger partial charge >= 0.3 is 0 Å². The van der Waals surface area contributed by atoms with E-state index in [1.165, 1.54) is 5.56 Å². The van der Waals surface area contributed by atoms with Gasteiger partial charge in [0.15, 0.2) is 0 Å². The molecule has 1 aromatic heterocycles. The van der Waals surface area contributed by atoms with Crippen LogP contribution in [-0.2, 0) is 6.42 Å². The normalized spacial score (nSPS) is 14.7. The Morgan fingerprint density at radius 3 is 2.86 bits per heavy atom. The number of hydrogen-bond acceptors (Lipinski definition) is 3. The van der Waals surface area contributed by atoms with Gasteiger partial charge in [0.25, 0.3) is 0 Å². The molecule has 0 bridgehead atoms. The number of aromatic nitrogens is 1. The number of nitrogens with zero attached hydrogens (tertiary/aromatic N) is 1. The summed E-state index contributed by atoms with van der Waals surface area (Å²) in [6.45, 7) is 0.937. The van der Waals surface area contributed by atoms with Gasteiger partial charge in [-0.3, -0.25) is 4.98 Å². The maximum atomic E-state index is 10.9. The van der Waals surface area contributed by atoms with E-state index in [4.69, 9.17) is 0 Å². The smallest absolute Gasteiger partial charge is 0.108 e. The van der Waals surface area contributed by atoms with Gasteiger partial charge in [0.1, 0.15) is 6.10 Å². The SMILES string of the molecule is OC(c1cccc2c1NCC2)c1cncc2ccccc12. The second kappa shape index (κ2) is 4.86. The zero-order chi connectivity index (χ0) is 14.2. The van der Waals surface area contributed by atoms with Crippen molar-refractivity contribution in [2.24, 2.45) is 0 Å². The van der Waals surface area contributed by atoms with E-state index in [-0.39, 0.29) is 0 Å². The highest BCUT2D eigenvalue weighted by molar-refractivity contribution is 5.85. The Balaban J connectivity index is 1.88. The first-order valence-corrected chi connectivity index (χ1v) is 7.21. The van der Waals surface area contributed by atoms with Crippen molar-refractivity contribution in [2.75, 3.05) is 11.9 Å². The van der Waals surface area contributed by atoms with Crippen LogP contribution in [0.15, 0.2) is 54.9 Å². The molecule has 3 heteroatoms. The molecule has 4 rings (SSSR count). The molecular weight excluding hydrogens is 260 g/mol. The lowest BCUT2D eigenvalue weighted by molar-refractivity contribution is 0.222. The molecule has 3 nitrogen and oxygen atoms in total. The summed E-state index contributed by atoms with van der Waals surface area (Å²) in [5, 5.41) is 16.4. The Hall–Kier alpha value is -2.39. The third-order valence-electron chi connectivity index (χ3n) is 4.17. The standard InChI is InChI=1S/C18H16N2O/c21-18(15-7-3-5-12-8-9-20-17(12)15)16-11-19-10-13-4-1-2-6-14(13)16/h1-7,10-11,18,20-21H,8-9H2. The van der Waals surface area contributed by atoms with Crippen LogP contribution in [0, 0.1) is 0 Å². The average Bonchev–Trinajstić information content (AvgIpc) is 3.02. The van der Waals surface area contributed by atoms with Gasteiger partial charge < -0.3 is 10.4 Å². The summed E-state index contributed by atoms with van der Waals surface area (Å²) in [5.74, 6) is 0. The summed E-state index contributed by atoms with van der Waals surface area (Å²) >= 11 is 0. The fourth-order valence-electron chi connectivity index (χ4n) is 3.12. The molecule has 21 heavy (non-hydrogen) atoms. The molecule has 2 aromatic carbocycles. The number of hydrogen-bond donors (Lipinski definition) is 2. The average molecular weight is 276 g/mol. The molecule has 0 radical (unpaired) electrons. The molecule has 0 aliphatic carbocycles. The van der Waals surface area contributed by atoms with Gasteiger partial charge in [-0.15, -0.1) is 0 Å². The lowest BCUT2D eigenvalue weighted by atomic mass is 9.95. The van der Waals surface area contributed by atoms with Gasteiger partial charge in [0, 0.05) is 41.1 Å². The molecule has 1 unspecified atom stereocenters. The third-order valence-corrected chi connectivity index (χ3v) is 4.17. The van der Waals surface area contributed by atoms with Crippen LogP contribution in [-0.4, -0.2) is 16.6 Å². The molecule has 1 aliphatic heterocycles. The second-order valence-corrected chi connectivity index (χ2v) is 5.41. The van der Waals surface area contributed by atoms with Crippen molar-refractivity contribution < 1.29 is 5.11 Å². The van der Waals surface area contributed by atoms with Crippen molar-refractivity contribution >= 4 is 16.5 Å². The van der Waals surface area contributed by atoms with E-state index in [2.05, 4.69) is 16.4 Å². The van der Waals surface area contributed by atoms with Crippen molar-refractivity contribution in [2.45, 2.75) is 12.5 Å². The summed E-state index contributed by atoms with van der Waals surface area (Å²) in [5.41, 5.74) is 4.15. The molecule has 0 spiro atoms. The van der Waals surface area contributed by atoms with Gasteiger partial charge in [-0.2, -0.15) is 0 Å². The van der Waals surface area contributed by atoms with Crippen LogP contribution >= 0.6 is 0 Å². The van der Waals surface area contributed by atoms with Crippen LogP contribution in [0.5, 0.6) is 0 Å². The zero-order valence-corrected chi connectivity index (χ0v) is 11.6. The lowest BCUT2D eigenvalue weighted by Crippen LogP contribution is -2.05. The third kappa shape index (κ3) is 1.98. The zero-order valence-electron chi connectivity index (χ0n) is 11.6. The molecule has 3 aromatic rings. The fourth-order valence-corrected chi connectivity index (χ4v) is 3.12. The Morgan fingerprint density at radius 2 is 1.90 bits per heavy atom. The molecule has 2 N–H and O–H groups in total. The van der Waals surface area contributed by atoms with Crippen molar-refractivity contribution in [3.63, 3.8) is 0 Å². The highest BCUT2D eigenvalue weighted by Crippen LogP contribution is 2.35.